The third-order valence-electron chi connectivity index (χ3n) is 3.72. The van der Waals surface area contributed by atoms with Gasteiger partial charge in [0.05, 0.1) is 19.1 Å². The molecular formula is C16H15NO5. The van der Waals surface area contributed by atoms with E-state index in [1.807, 2.05) is 0 Å². The highest BCUT2D eigenvalue weighted by molar-refractivity contribution is 5.77. The lowest BCUT2D eigenvalue weighted by Gasteiger charge is -2.24. The zero-order valence-electron chi connectivity index (χ0n) is 12.2. The minimum atomic E-state index is -0.435. The number of pyridine rings is 1. The van der Waals surface area contributed by atoms with Crippen molar-refractivity contribution in [3.05, 3.63) is 51.4 Å². The van der Waals surface area contributed by atoms with Crippen molar-refractivity contribution >= 4 is 5.97 Å². The Morgan fingerprint density at radius 2 is 2.09 bits per heavy atom. The first kappa shape index (κ1) is 14.2. The van der Waals surface area contributed by atoms with Crippen molar-refractivity contribution in [2.75, 3.05) is 7.11 Å². The summed E-state index contributed by atoms with van der Waals surface area (Å²) in [7, 11) is 1.44. The third-order valence-corrected chi connectivity index (χ3v) is 3.72. The van der Waals surface area contributed by atoms with Crippen LogP contribution in [-0.2, 0) is 4.79 Å². The van der Waals surface area contributed by atoms with Gasteiger partial charge in [-0.3, -0.25) is 9.59 Å². The molecule has 0 unspecified atom stereocenters. The van der Waals surface area contributed by atoms with Crippen molar-refractivity contribution in [1.29, 1.82) is 0 Å². The van der Waals surface area contributed by atoms with Gasteiger partial charge in [-0.2, -0.15) is 0 Å². The summed E-state index contributed by atoms with van der Waals surface area (Å²) in [5, 5.41) is 9.69. The van der Waals surface area contributed by atoms with Gasteiger partial charge in [0.15, 0.2) is 11.5 Å². The first-order valence-electron chi connectivity index (χ1n) is 6.81. The molecule has 114 valence electrons. The molecule has 3 rings (SSSR count). The Hall–Kier alpha value is -2.76. The number of H-pyrrole nitrogens is 1. The summed E-state index contributed by atoms with van der Waals surface area (Å²) in [5.74, 6) is -0.247. The number of methoxy groups -OCH3 is 1. The fourth-order valence-electron chi connectivity index (χ4n) is 2.71. The molecule has 1 aliphatic rings. The molecule has 2 heterocycles. The standard InChI is InChI=1S/C16H15NO5/c1-8-5-13-15(16(20)17-8)10(7-14(19)22-13)9-3-4-11(18)12(6-9)21-2/h3-6,10,18H,7H2,1-2H3,(H,17,20)/t10-/m0/s1. The van der Waals surface area contributed by atoms with E-state index in [4.69, 9.17) is 9.47 Å². The van der Waals surface area contributed by atoms with Crippen LogP contribution in [-0.4, -0.2) is 23.2 Å². The van der Waals surface area contributed by atoms with Crippen molar-refractivity contribution in [1.82, 2.24) is 4.98 Å². The van der Waals surface area contributed by atoms with Gasteiger partial charge in [0.2, 0.25) is 0 Å². The average Bonchev–Trinajstić information content (AvgIpc) is 2.46. The van der Waals surface area contributed by atoms with Gasteiger partial charge >= 0.3 is 5.97 Å². The number of aromatic amines is 1. The van der Waals surface area contributed by atoms with Crippen molar-refractivity contribution in [3.8, 4) is 17.2 Å². The number of hydrogen-bond donors (Lipinski definition) is 2. The van der Waals surface area contributed by atoms with Gasteiger partial charge in [0.25, 0.3) is 5.56 Å². The Balaban J connectivity index is 2.17. The van der Waals surface area contributed by atoms with Crippen LogP contribution >= 0.6 is 0 Å². The van der Waals surface area contributed by atoms with Gasteiger partial charge in [0, 0.05) is 17.7 Å². The van der Waals surface area contributed by atoms with E-state index >= 15 is 0 Å². The number of benzene rings is 1. The van der Waals surface area contributed by atoms with Crippen LogP contribution in [0.1, 0.15) is 29.2 Å². The molecule has 1 aromatic heterocycles. The van der Waals surface area contributed by atoms with E-state index in [-0.39, 0.29) is 23.5 Å². The van der Waals surface area contributed by atoms with Crippen LogP contribution in [0.25, 0.3) is 0 Å². The Bertz CT molecular complexity index is 809. The molecule has 1 aromatic carbocycles. The second kappa shape index (κ2) is 5.22. The number of rotatable bonds is 2. The molecule has 0 spiro atoms. The Morgan fingerprint density at radius 1 is 1.32 bits per heavy atom. The molecule has 2 N–H and O–H groups in total. The van der Waals surface area contributed by atoms with Crippen LogP contribution in [0.2, 0.25) is 0 Å². The maximum absolute atomic E-state index is 12.3. The van der Waals surface area contributed by atoms with E-state index in [0.29, 0.717) is 22.6 Å². The lowest BCUT2D eigenvalue weighted by molar-refractivity contribution is -0.135. The molecule has 6 nitrogen and oxygen atoms in total. The fourth-order valence-corrected chi connectivity index (χ4v) is 2.71. The molecule has 0 aliphatic carbocycles. The monoisotopic (exact) mass is 301 g/mol. The largest absolute Gasteiger partial charge is 0.504 e. The third kappa shape index (κ3) is 2.32. The second-order valence-corrected chi connectivity index (χ2v) is 5.22. The zero-order chi connectivity index (χ0) is 15.9. The average molecular weight is 301 g/mol. The lowest BCUT2D eigenvalue weighted by atomic mass is 9.87. The quantitative estimate of drug-likeness (QED) is 0.826. The number of hydrogen-bond acceptors (Lipinski definition) is 5. The number of phenolic OH excluding ortho intramolecular Hbond substituents is 1. The molecule has 0 amide bonds. The van der Waals surface area contributed by atoms with Crippen LogP contribution in [0.3, 0.4) is 0 Å². The fraction of sp³-hybridized carbons (Fsp3) is 0.250. The number of aromatic hydroxyl groups is 1. The molecule has 1 aliphatic heterocycles. The van der Waals surface area contributed by atoms with Gasteiger partial charge in [-0.1, -0.05) is 6.07 Å². The number of carbonyl (C=O) groups excluding carboxylic acids is 1. The number of ether oxygens (including phenoxy) is 2. The second-order valence-electron chi connectivity index (χ2n) is 5.22. The predicted molar refractivity (Wildman–Crippen MR) is 78.6 cm³/mol. The minimum absolute atomic E-state index is 0.00248. The minimum Gasteiger partial charge on any atom is -0.504 e. The molecule has 22 heavy (non-hydrogen) atoms. The van der Waals surface area contributed by atoms with Crippen LogP contribution in [0.4, 0.5) is 0 Å². The lowest BCUT2D eigenvalue weighted by Crippen LogP contribution is -2.28. The molecule has 0 fully saturated rings. The summed E-state index contributed by atoms with van der Waals surface area (Å²) >= 11 is 0. The molecule has 2 aromatic rings. The molecule has 1 atom stereocenters. The van der Waals surface area contributed by atoms with E-state index in [1.165, 1.54) is 13.2 Å². The van der Waals surface area contributed by atoms with Crippen LogP contribution in [0, 0.1) is 6.92 Å². The summed E-state index contributed by atoms with van der Waals surface area (Å²) in [4.78, 5) is 26.8. The van der Waals surface area contributed by atoms with E-state index in [9.17, 15) is 14.7 Å². The maximum atomic E-state index is 12.3. The molecular weight excluding hydrogens is 286 g/mol. The molecule has 0 bridgehead atoms. The number of carbonyl (C=O) groups is 1. The smallest absolute Gasteiger partial charge is 0.312 e. The summed E-state index contributed by atoms with van der Waals surface area (Å²) in [5.41, 5.74) is 1.47. The Labute approximate surface area is 126 Å². The molecule has 0 saturated heterocycles. The van der Waals surface area contributed by atoms with Crippen molar-refractivity contribution < 1.29 is 19.4 Å². The van der Waals surface area contributed by atoms with E-state index in [1.54, 1.807) is 25.1 Å². The highest BCUT2D eigenvalue weighted by atomic mass is 16.5. The van der Waals surface area contributed by atoms with Gasteiger partial charge in [-0.25, -0.2) is 0 Å². The summed E-state index contributed by atoms with van der Waals surface area (Å²) in [6.45, 7) is 1.72. The maximum Gasteiger partial charge on any atom is 0.312 e. The van der Waals surface area contributed by atoms with Crippen molar-refractivity contribution in [3.63, 3.8) is 0 Å². The van der Waals surface area contributed by atoms with Crippen LogP contribution < -0.4 is 15.0 Å². The Kier molecular flexibility index (Phi) is 3.36. The highest BCUT2D eigenvalue weighted by Crippen LogP contribution is 2.39. The topological polar surface area (TPSA) is 88.6 Å². The predicted octanol–water partition coefficient (Wildman–Crippen LogP) is 1.84. The summed E-state index contributed by atoms with van der Waals surface area (Å²) in [6.07, 6.45) is 0.0626. The number of fused-ring (bicyclic) bond motifs is 1. The van der Waals surface area contributed by atoms with Gasteiger partial charge in [-0.05, 0) is 24.6 Å². The SMILES string of the molecule is COc1cc([C@@H]2CC(=O)Oc3cc(C)[nH]c(=O)c32)ccc1O. The number of aryl methyl sites for hydroxylation is 1. The molecule has 0 radical (unpaired) electrons. The van der Waals surface area contributed by atoms with Crippen LogP contribution in [0.5, 0.6) is 17.2 Å². The molecule has 6 heteroatoms. The summed E-state index contributed by atoms with van der Waals surface area (Å²) in [6, 6.07) is 6.42. The normalized spacial score (nSPS) is 16.8. The summed E-state index contributed by atoms with van der Waals surface area (Å²) < 4.78 is 10.3. The van der Waals surface area contributed by atoms with Gasteiger partial charge in [0.1, 0.15) is 5.75 Å². The van der Waals surface area contributed by atoms with E-state index < -0.39 is 11.9 Å². The number of nitrogens with one attached hydrogen (secondary N) is 1. The first-order valence-corrected chi connectivity index (χ1v) is 6.81. The van der Waals surface area contributed by atoms with Gasteiger partial charge in [-0.15, -0.1) is 0 Å². The van der Waals surface area contributed by atoms with Crippen molar-refractivity contribution in [2.45, 2.75) is 19.3 Å². The Morgan fingerprint density at radius 3 is 2.82 bits per heavy atom. The number of esters is 1. The van der Waals surface area contributed by atoms with Crippen molar-refractivity contribution in [2.24, 2.45) is 0 Å². The highest BCUT2D eigenvalue weighted by Gasteiger charge is 2.31. The molecule has 0 saturated carbocycles. The van der Waals surface area contributed by atoms with E-state index in [0.717, 1.165) is 0 Å². The van der Waals surface area contributed by atoms with E-state index in [2.05, 4.69) is 4.98 Å². The number of phenols is 1. The number of aromatic nitrogens is 1. The zero-order valence-corrected chi connectivity index (χ0v) is 12.2. The first-order chi connectivity index (χ1) is 10.5. The van der Waals surface area contributed by atoms with Gasteiger partial charge < -0.3 is 19.6 Å². The van der Waals surface area contributed by atoms with Crippen LogP contribution in [0.15, 0.2) is 29.1 Å².